The Morgan fingerprint density at radius 2 is 1.88 bits per heavy atom. The van der Waals surface area contributed by atoms with Crippen LogP contribution in [0.3, 0.4) is 0 Å². The summed E-state index contributed by atoms with van der Waals surface area (Å²) in [5.41, 5.74) is 7.24. The number of ether oxygens (including phenoxy) is 1. The first-order valence-corrected chi connectivity index (χ1v) is 8.54. The van der Waals surface area contributed by atoms with Crippen molar-refractivity contribution in [1.82, 2.24) is 5.32 Å². The van der Waals surface area contributed by atoms with Gasteiger partial charge in [-0.25, -0.2) is 4.79 Å². The zero-order chi connectivity index (χ0) is 19.2. The predicted octanol–water partition coefficient (Wildman–Crippen LogP) is 3.18. The second-order valence-corrected chi connectivity index (χ2v) is 7.20. The highest BCUT2D eigenvalue weighted by Crippen LogP contribution is 2.26. The fraction of sp³-hybridized carbons (Fsp3) is 0.350. The van der Waals surface area contributed by atoms with Gasteiger partial charge in [0.25, 0.3) is 0 Å². The van der Waals surface area contributed by atoms with Gasteiger partial charge in [-0.15, -0.1) is 0 Å². The molecule has 0 spiro atoms. The molecule has 2 amide bonds. The third-order valence-corrected chi connectivity index (χ3v) is 3.66. The Kier molecular flexibility index (Phi) is 6.60. The Hall–Kier alpha value is -2.57. The zero-order valence-corrected chi connectivity index (χ0v) is 15.5. The van der Waals surface area contributed by atoms with Crippen LogP contribution >= 0.6 is 0 Å². The molecule has 0 aliphatic carbocycles. The Bertz CT molecular complexity index is 727. The Labute approximate surface area is 154 Å². The molecule has 0 heterocycles. The van der Waals surface area contributed by atoms with E-state index in [-0.39, 0.29) is 5.54 Å². The second-order valence-electron chi connectivity index (χ2n) is 7.20. The zero-order valence-electron chi connectivity index (χ0n) is 15.5. The van der Waals surface area contributed by atoms with Crippen molar-refractivity contribution in [1.29, 1.82) is 0 Å². The molecule has 0 saturated heterocycles. The maximum atomic E-state index is 11.2. The topological polar surface area (TPSA) is 96.6 Å². The number of anilines is 1. The van der Waals surface area contributed by atoms with Crippen LogP contribution in [0.25, 0.3) is 0 Å². The molecule has 0 radical (unpaired) electrons. The summed E-state index contributed by atoms with van der Waals surface area (Å²) in [4.78, 5) is 11.2. The molecule has 0 bridgehead atoms. The minimum Gasteiger partial charge on any atom is -0.489 e. The molecule has 1 atom stereocenters. The van der Waals surface area contributed by atoms with Crippen LogP contribution in [0.4, 0.5) is 10.5 Å². The molecule has 26 heavy (non-hydrogen) atoms. The predicted molar refractivity (Wildman–Crippen MR) is 103 cm³/mol. The number of nitrogens with two attached hydrogens (primary N) is 1. The third-order valence-electron chi connectivity index (χ3n) is 3.66. The van der Waals surface area contributed by atoms with Gasteiger partial charge in [0, 0.05) is 23.8 Å². The van der Waals surface area contributed by atoms with Crippen molar-refractivity contribution >= 4 is 11.7 Å². The number of hydrogen-bond donors (Lipinski definition) is 4. The van der Waals surface area contributed by atoms with Crippen molar-refractivity contribution in [2.75, 3.05) is 11.9 Å². The van der Waals surface area contributed by atoms with E-state index in [1.54, 1.807) is 18.2 Å². The molecule has 0 saturated carbocycles. The van der Waals surface area contributed by atoms with E-state index in [2.05, 4.69) is 10.6 Å². The fourth-order valence-electron chi connectivity index (χ4n) is 2.37. The standard InChI is InChI=1S/C20H27N3O3/c1-20(2,3)22-12-18(24)15-9-16(23-19(21)25)11-17(10-15)26-13-14-7-5-4-6-8-14/h4-11,18,22,24H,12-13H2,1-3H3,(H3,21,23,25). The quantitative estimate of drug-likeness (QED) is 0.612. The van der Waals surface area contributed by atoms with E-state index in [9.17, 15) is 9.90 Å². The SMILES string of the molecule is CC(C)(C)NCC(O)c1cc(NC(N)=O)cc(OCc2ccccc2)c1. The number of carbonyl (C=O) groups excluding carboxylic acids is 1. The van der Waals surface area contributed by atoms with E-state index < -0.39 is 12.1 Å². The van der Waals surface area contributed by atoms with Crippen LogP contribution < -0.4 is 21.1 Å². The number of aliphatic hydroxyl groups excluding tert-OH is 1. The highest BCUT2D eigenvalue weighted by atomic mass is 16.5. The number of β-amino-alcohol motifs (C(OH)–C–C–N with tert-alkyl or cyclic N) is 1. The number of aliphatic hydroxyl groups is 1. The minimum absolute atomic E-state index is 0.114. The number of hydrogen-bond acceptors (Lipinski definition) is 4. The van der Waals surface area contributed by atoms with Crippen LogP contribution in [0.15, 0.2) is 48.5 Å². The Morgan fingerprint density at radius 3 is 2.50 bits per heavy atom. The lowest BCUT2D eigenvalue weighted by molar-refractivity contribution is 0.163. The molecule has 0 aromatic heterocycles. The van der Waals surface area contributed by atoms with Gasteiger partial charge >= 0.3 is 6.03 Å². The first-order chi connectivity index (χ1) is 12.2. The van der Waals surface area contributed by atoms with Gasteiger partial charge in [-0.1, -0.05) is 30.3 Å². The van der Waals surface area contributed by atoms with Crippen LogP contribution in [-0.2, 0) is 6.61 Å². The number of carbonyl (C=O) groups is 1. The van der Waals surface area contributed by atoms with Crippen LogP contribution in [0.5, 0.6) is 5.75 Å². The molecule has 2 rings (SSSR count). The van der Waals surface area contributed by atoms with Gasteiger partial charge < -0.3 is 26.2 Å². The number of primary amides is 1. The summed E-state index contributed by atoms with van der Waals surface area (Å²) < 4.78 is 5.83. The normalized spacial score (nSPS) is 12.5. The highest BCUT2D eigenvalue weighted by molar-refractivity contribution is 5.88. The highest BCUT2D eigenvalue weighted by Gasteiger charge is 2.15. The van der Waals surface area contributed by atoms with Gasteiger partial charge in [0.2, 0.25) is 0 Å². The molecule has 6 heteroatoms. The van der Waals surface area contributed by atoms with Crippen LogP contribution in [0, 0.1) is 0 Å². The number of nitrogens with one attached hydrogen (secondary N) is 2. The van der Waals surface area contributed by atoms with Crippen molar-refractivity contribution in [3.63, 3.8) is 0 Å². The van der Waals surface area contributed by atoms with E-state index in [0.29, 0.717) is 30.2 Å². The first-order valence-electron chi connectivity index (χ1n) is 8.54. The van der Waals surface area contributed by atoms with Gasteiger partial charge in [-0.2, -0.15) is 0 Å². The molecule has 0 aliphatic rings. The summed E-state index contributed by atoms with van der Waals surface area (Å²) >= 11 is 0. The largest absolute Gasteiger partial charge is 0.489 e. The van der Waals surface area contributed by atoms with Crippen molar-refractivity contribution in [3.05, 3.63) is 59.7 Å². The van der Waals surface area contributed by atoms with Crippen molar-refractivity contribution < 1.29 is 14.6 Å². The van der Waals surface area contributed by atoms with E-state index >= 15 is 0 Å². The smallest absolute Gasteiger partial charge is 0.316 e. The van der Waals surface area contributed by atoms with E-state index in [4.69, 9.17) is 10.5 Å². The van der Waals surface area contributed by atoms with Crippen LogP contribution in [-0.4, -0.2) is 23.2 Å². The monoisotopic (exact) mass is 357 g/mol. The number of urea groups is 1. The van der Waals surface area contributed by atoms with Gasteiger partial charge in [-0.3, -0.25) is 0 Å². The van der Waals surface area contributed by atoms with Gasteiger partial charge in [0.05, 0.1) is 6.10 Å². The third kappa shape index (κ3) is 6.74. The lowest BCUT2D eigenvalue weighted by Gasteiger charge is -2.23. The lowest BCUT2D eigenvalue weighted by atomic mass is 10.1. The summed E-state index contributed by atoms with van der Waals surface area (Å²) in [5.74, 6) is 0.546. The molecule has 2 aromatic rings. The van der Waals surface area contributed by atoms with Crippen molar-refractivity contribution in [2.45, 2.75) is 39.0 Å². The minimum atomic E-state index is -0.747. The molecule has 0 aliphatic heterocycles. The van der Waals surface area contributed by atoms with Crippen LogP contribution in [0.1, 0.15) is 38.0 Å². The molecule has 1 unspecified atom stereocenters. The van der Waals surface area contributed by atoms with Gasteiger partial charge in [0.15, 0.2) is 0 Å². The fourth-order valence-corrected chi connectivity index (χ4v) is 2.37. The molecule has 2 aromatic carbocycles. The summed E-state index contributed by atoms with van der Waals surface area (Å²) in [6, 6.07) is 14.2. The molecule has 140 valence electrons. The summed E-state index contributed by atoms with van der Waals surface area (Å²) in [6.45, 7) is 6.84. The maximum absolute atomic E-state index is 11.2. The Morgan fingerprint density at radius 1 is 1.19 bits per heavy atom. The van der Waals surface area contributed by atoms with E-state index in [1.807, 2.05) is 51.1 Å². The number of benzene rings is 2. The van der Waals surface area contributed by atoms with E-state index in [0.717, 1.165) is 5.56 Å². The molecule has 5 N–H and O–H groups in total. The first kappa shape index (κ1) is 19.8. The summed E-state index contributed by atoms with van der Waals surface area (Å²) in [5, 5.41) is 16.3. The molecular weight excluding hydrogens is 330 g/mol. The van der Waals surface area contributed by atoms with Crippen LogP contribution in [0.2, 0.25) is 0 Å². The second kappa shape index (κ2) is 8.69. The summed E-state index contributed by atoms with van der Waals surface area (Å²) in [7, 11) is 0. The van der Waals surface area contributed by atoms with Crippen molar-refractivity contribution in [2.24, 2.45) is 5.73 Å². The molecule has 6 nitrogen and oxygen atoms in total. The van der Waals surface area contributed by atoms with E-state index in [1.165, 1.54) is 0 Å². The van der Waals surface area contributed by atoms with Crippen molar-refractivity contribution in [3.8, 4) is 5.75 Å². The molecule has 0 fully saturated rings. The Balaban J connectivity index is 2.16. The average molecular weight is 357 g/mol. The van der Waals surface area contributed by atoms with Gasteiger partial charge in [-0.05, 0) is 44.0 Å². The maximum Gasteiger partial charge on any atom is 0.316 e. The van der Waals surface area contributed by atoms with Gasteiger partial charge in [0.1, 0.15) is 12.4 Å². The lowest BCUT2D eigenvalue weighted by Crippen LogP contribution is -2.38. The summed E-state index contributed by atoms with van der Waals surface area (Å²) in [6.07, 6.45) is -0.747. The number of rotatable bonds is 7. The number of amides is 2. The average Bonchev–Trinajstić information content (AvgIpc) is 2.57. The molecular formula is C20H27N3O3.